The highest BCUT2D eigenvalue weighted by molar-refractivity contribution is 6.03. The number of ether oxygens (including phenoxy) is 1. The van der Waals surface area contributed by atoms with Gasteiger partial charge in [-0.1, -0.05) is 17.7 Å². The van der Waals surface area contributed by atoms with E-state index in [1.165, 1.54) is 17.3 Å². The van der Waals surface area contributed by atoms with Gasteiger partial charge in [-0.25, -0.2) is 4.79 Å². The molecular weight excluding hydrogens is 380 g/mol. The number of hydrogen-bond acceptors (Lipinski definition) is 4. The molecule has 30 heavy (non-hydrogen) atoms. The van der Waals surface area contributed by atoms with E-state index in [1.807, 2.05) is 12.1 Å². The number of urea groups is 1. The SMILES string of the molecule is CNC(=O)c1cc(Oc2ccc(NC(=O)N3CCc4cc(C)ccc43)cc2)ccn1. The van der Waals surface area contributed by atoms with E-state index in [-0.39, 0.29) is 17.6 Å². The van der Waals surface area contributed by atoms with E-state index >= 15 is 0 Å². The zero-order chi connectivity index (χ0) is 21.1. The smallest absolute Gasteiger partial charge is 0.326 e. The molecule has 3 amide bonds. The summed E-state index contributed by atoms with van der Waals surface area (Å²) in [6.45, 7) is 2.72. The van der Waals surface area contributed by atoms with Gasteiger partial charge in [0.2, 0.25) is 0 Å². The first-order valence-electron chi connectivity index (χ1n) is 9.67. The molecule has 0 saturated carbocycles. The molecule has 2 heterocycles. The molecule has 7 heteroatoms. The number of carbonyl (C=O) groups excluding carboxylic acids is 2. The lowest BCUT2D eigenvalue weighted by atomic mass is 10.1. The van der Waals surface area contributed by atoms with E-state index in [2.05, 4.69) is 28.6 Å². The summed E-state index contributed by atoms with van der Waals surface area (Å²) in [5.41, 5.74) is 4.31. The molecule has 0 aliphatic carbocycles. The minimum Gasteiger partial charge on any atom is -0.457 e. The Balaban J connectivity index is 1.41. The van der Waals surface area contributed by atoms with Gasteiger partial charge < -0.3 is 15.4 Å². The number of fused-ring (bicyclic) bond motifs is 1. The Bertz CT molecular complexity index is 1100. The first kappa shape index (κ1) is 19.4. The van der Waals surface area contributed by atoms with Crippen LogP contribution < -0.4 is 20.3 Å². The zero-order valence-electron chi connectivity index (χ0n) is 16.8. The number of benzene rings is 2. The van der Waals surface area contributed by atoms with Gasteiger partial charge in [0, 0.05) is 37.2 Å². The van der Waals surface area contributed by atoms with Crippen LogP contribution in [0.5, 0.6) is 11.5 Å². The van der Waals surface area contributed by atoms with Gasteiger partial charge in [-0.05, 0) is 55.3 Å². The molecule has 2 N–H and O–H groups in total. The van der Waals surface area contributed by atoms with Crippen LogP contribution >= 0.6 is 0 Å². The third-order valence-corrected chi connectivity index (χ3v) is 4.91. The Labute approximate surface area is 174 Å². The minimum absolute atomic E-state index is 0.157. The van der Waals surface area contributed by atoms with E-state index in [0.717, 1.165) is 12.1 Å². The summed E-state index contributed by atoms with van der Waals surface area (Å²) in [7, 11) is 1.55. The summed E-state index contributed by atoms with van der Waals surface area (Å²) in [4.78, 5) is 30.2. The van der Waals surface area contributed by atoms with Crippen molar-refractivity contribution in [2.24, 2.45) is 0 Å². The van der Waals surface area contributed by atoms with Crippen LogP contribution in [0.25, 0.3) is 0 Å². The molecule has 4 rings (SSSR count). The van der Waals surface area contributed by atoms with Crippen molar-refractivity contribution in [3.63, 3.8) is 0 Å². The predicted octanol–water partition coefficient (Wildman–Crippen LogP) is 4.14. The van der Waals surface area contributed by atoms with Crippen molar-refractivity contribution >= 4 is 23.3 Å². The normalized spacial score (nSPS) is 12.3. The van der Waals surface area contributed by atoms with Crippen molar-refractivity contribution in [3.8, 4) is 11.5 Å². The van der Waals surface area contributed by atoms with Crippen LogP contribution in [-0.4, -0.2) is 30.5 Å². The molecule has 7 nitrogen and oxygen atoms in total. The van der Waals surface area contributed by atoms with E-state index in [4.69, 9.17) is 4.74 Å². The third-order valence-electron chi connectivity index (χ3n) is 4.91. The molecule has 2 aromatic carbocycles. The topological polar surface area (TPSA) is 83.6 Å². The monoisotopic (exact) mass is 402 g/mol. The first-order valence-corrected chi connectivity index (χ1v) is 9.67. The number of amides is 3. The highest BCUT2D eigenvalue weighted by Crippen LogP contribution is 2.29. The van der Waals surface area contributed by atoms with Gasteiger partial charge >= 0.3 is 6.03 Å². The van der Waals surface area contributed by atoms with Gasteiger partial charge in [0.1, 0.15) is 17.2 Å². The number of aromatic nitrogens is 1. The van der Waals surface area contributed by atoms with E-state index in [9.17, 15) is 9.59 Å². The van der Waals surface area contributed by atoms with E-state index in [0.29, 0.717) is 23.7 Å². The van der Waals surface area contributed by atoms with Crippen molar-refractivity contribution in [1.29, 1.82) is 0 Å². The molecule has 0 saturated heterocycles. The molecule has 0 spiro atoms. The number of nitrogens with one attached hydrogen (secondary N) is 2. The first-order chi connectivity index (χ1) is 14.5. The summed E-state index contributed by atoms with van der Waals surface area (Å²) in [5, 5.41) is 5.46. The van der Waals surface area contributed by atoms with Crippen LogP contribution in [0, 0.1) is 6.92 Å². The highest BCUT2D eigenvalue weighted by atomic mass is 16.5. The average molecular weight is 402 g/mol. The standard InChI is InChI=1S/C23H22N4O3/c1-15-3-8-21-16(13-15)10-12-27(21)23(29)26-17-4-6-18(7-5-17)30-19-9-11-25-20(14-19)22(28)24-2/h3-9,11,13-14H,10,12H2,1-2H3,(H,24,28)(H,26,29). The summed E-state index contributed by atoms with van der Waals surface area (Å²) < 4.78 is 5.79. The Morgan fingerprint density at radius 3 is 2.60 bits per heavy atom. The molecule has 0 radical (unpaired) electrons. The third kappa shape index (κ3) is 4.10. The quantitative estimate of drug-likeness (QED) is 0.687. The maximum atomic E-state index is 12.7. The van der Waals surface area contributed by atoms with Gasteiger partial charge in [0.25, 0.3) is 5.91 Å². The Hall–Kier alpha value is -3.87. The van der Waals surface area contributed by atoms with Crippen molar-refractivity contribution in [2.75, 3.05) is 23.8 Å². The molecule has 1 aromatic heterocycles. The van der Waals surface area contributed by atoms with Crippen LogP contribution in [0.15, 0.2) is 60.8 Å². The lowest BCUT2D eigenvalue weighted by Crippen LogP contribution is -2.33. The second-order valence-corrected chi connectivity index (χ2v) is 7.05. The van der Waals surface area contributed by atoms with Crippen LogP contribution in [0.4, 0.5) is 16.2 Å². The lowest BCUT2D eigenvalue weighted by Gasteiger charge is -2.18. The number of anilines is 2. The summed E-state index contributed by atoms with van der Waals surface area (Å²) >= 11 is 0. The molecule has 0 unspecified atom stereocenters. The second kappa shape index (κ2) is 8.24. The van der Waals surface area contributed by atoms with Crippen molar-refractivity contribution in [1.82, 2.24) is 10.3 Å². The fraction of sp³-hybridized carbons (Fsp3) is 0.174. The maximum Gasteiger partial charge on any atom is 0.326 e. The van der Waals surface area contributed by atoms with Crippen LogP contribution in [-0.2, 0) is 6.42 Å². The number of pyridine rings is 1. The van der Waals surface area contributed by atoms with Crippen LogP contribution in [0.2, 0.25) is 0 Å². The maximum absolute atomic E-state index is 12.7. The van der Waals surface area contributed by atoms with Gasteiger partial charge in [-0.15, -0.1) is 0 Å². The van der Waals surface area contributed by atoms with Crippen molar-refractivity contribution < 1.29 is 14.3 Å². The average Bonchev–Trinajstić information content (AvgIpc) is 3.18. The van der Waals surface area contributed by atoms with Crippen LogP contribution in [0.1, 0.15) is 21.6 Å². The Kier molecular flexibility index (Phi) is 5.34. The number of rotatable bonds is 4. The molecule has 1 aliphatic rings. The molecule has 1 aliphatic heterocycles. The molecule has 0 atom stereocenters. The van der Waals surface area contributed by atoms with Crippen molar-refractivity contribution in [3.05, 3.63) is 77.6 Å². The zero-order valence-corrected chi connectivity index (χ0v) is 16.8. The largest absolute Gasteiger partial charge is 0.457 e. The van der Waals surface area contributed by atoms with E-state index < -0.39 is 0 Å². The number of aryl methyl sites for hydroxylation is 1. The van der Waals surface area contributed by atoms with Gasteiger partial charge in [-0.2, -0.15) is 0 Å². The summed E-state index contributed by atoms with van der Waals surface area (Å²) in [6, 6.07) is 16.3. The van der Waals surface area contributed by atoms with E-state index in [1.54, 1.807) is 48.3 Å². The van der Waals surface area contributed by atoms with Gasteiger partial charge in [-0.3, -0.25) is 14.7 Å². The lowest BCUT2D eigenvalue weighted by molar-refractivity contribution is 0.0958. The molecule has 0 bridgehead atoms. The number of carbonyl (C=O) groups is 2. The fourth-order valence-electron chi connectivity index (χ4n) is 3.40. The number of hydrogen-bond donors (Lipinski definition) is 2. The molecule has 3 aromatic rings. The fourth-order valence-corrected chi connectivity index (χ4v) is 3.40. The summed E-state index contributed by atoms with van der Waals surface area (Å²) in [6.07, 6.45) is 2.38. The summed E-state index contributed by atoms with van der Waals surface area (Å²) in [5.74, 6) is 0.811. The van der Waals surface area contributed by atoms with Gasteiger partial charge in [0.15, 0.2) is 0 Å². The van der Waals surface area contributed by atoms with Gasteiger partial charge in [0.05, 0.1) is 0 Å². The molecular formula is C23H22N4O3. The van der Waals surface area contributed by atoms with Crippen molar-refractivity contribution in [2.45, 2.75) is 13.3 Å². The molecule has 0 fully saturated rings. The molecule has 152 valence electrons. The second-order valence-electron chi connectivity index (χ2n) is 7.05. The highest BCUT2D eigenvalue weighted by Gasteiger charge is 2.24. The minimum atomic E-state index is -0.280. The Morgan fingerprint density at radius 2 is 1.83 bits per heavy atom. The number of nitrogens with zero attached hydrogens (tertiary/aromatic N) is 2. The predicted molar refractivity (Wildman–Crippen MR) is 115 cm³/mol. The Morgan fingerprint density at radius 1 is 1.03 bits per heavy atom. The van der Waals surface area contributed by atoms with Crippen LogP contribution in [0.3, 0.4) is 0 Å².